The highest BCUT2D eigenvalue weighted by Gasteiger charge is 2.32. The van der Waals surface area contributed by atoms with Crippen molar-refractivity contribution in [1.29, 1.82) is 0 Å². The topological polar surface area (TPSA) is 60.9 Å². The van der Waals surface area contributed by atoms with Crippen molar-refractivity contribution in [3.05, 3.63) is 47.7 Å². The summed E-state index contributed by atoms with van der Waals surface area (Å²) in [4.78, 5) is 19.1. The van der Waals surface area contributed by atoms with Gasteiger partial charge in [0.05, 0.1) is 32.4 Å². The number of hydrogen-bond donors (Lipinski definition) is 0. The van der Waals surface area contributed by atoms with Gasteiger partial charge in [-0.3, -0.25) is 4.79 Å². The summed E-state index contributed by atoms with van der Waals surface area (Å²) in [5.74, 6) is 1.97. The molecular weight excluding hydrogens is 332 g/mol. The van der Waals surface area contributed by atoms with Gasteiger partial charge in [0.25, 0.3) is 5.91 Å². The molecule has 1 fully saturated rings. The molecule has 1 unspecified atom stereocenters. The number of pyridine rings is 1. The highest BCUT2D eigenvalue weighted by Crippen LogP contribution is 2.39. The van der Waals surface area contributed by atoms with Crippen molar-refractivity contribution in [3.8, 4) is 17.4 Å². The molecule has 1 amide bonds. The van der Waals surface area contributed by atoms with Gasteiger partial charge in [-0.25, -0.2) is 4.98 Å². The van der Waals surface area contributed by atoms with E-state index in [1.807, 2.05) is 30.0 Å². The zero-order valence-corrected chi connectivity index (χ0v) is 15.4. The van der Waals surface area contributed by atoms with E-state index in [1.165, 1.54) is 0 Å². The van der Waals surface area contributed by atoms with Gasteiger partial charge in [0, 0.05) is 30.4 Å². The minimum absolute atomic E-state index is 0.0186. The number of rotatable bonds is 6. The van der Waals surface area contributed by atoms with Crippen LogP contribution >= 0.6 is 0 Å². The van der Waals surface area contributed by atoms with Gasteiger partial charge in [-0.1, -0.05) is 0 Å². The summed E-state index contributed by atoms with van der Waals surface area (Å²) < 4.78 is 16.1. The van der Waals surface area contributed by atoms with E-state index in [0.29, 0.717) is 24.6 Å². The first-order valence-electron chi connectivity index (χ1n) is 8.79. The lowest BCUT2D eigenvalue weighted by Crippen LogP contribution is -2.30. The Balaban J connectivity index is 1.84. The Hall–Kier alpha value is -2.76. The molecule has 2 aromatic rings. The third-order valence-electron chi connectivity index (χ3n) is 4.59. The summed E-state index contributed by atoms with van der Waals surface area (Å²) in [5, 5.41) is 0. The molecule has 1 saturated heterocycles. The standard InChI is InChI=1S/C20H24N2O4/c1-4-26-19-10-7-14(13-21-19)20(23)22-11-5-6-17(22)16-9-8-15(24-2)12-18(16)25-3/h7-10,12-13,17H,4-6,11H2,1-3H3. The zero-order valence-electron chi connectivity index (χ0n) is 15.4. The normalized spacial score (nSPS) is 16.4. The lowest BCUT2D eigenvalue weighted by Gasteiger charge is -2.26. The minimum atomic E-state index is -0.0269. The first-order valence-corrected chi connectivity index (χ1v) is 8.79. The van der Waals surface area contributed by atoms with Crippen LogP contribution in [0.2, 0.25) is 0 Å². The average molecular weight is 356 g/mol. The van der Waals surface area contributed by atoms with E-state index >= 15 is 0 Å². The number of aromatic nitrogens is 1. The first-order chi connectivity index (χ1) is 12.7. The summed E-state index contributed by atoms with van der Waals surface area (Å²) in [7, 11) is 3.26. The van der Waals surface area contributed by atoms with Gasteiger partial charge in [0.15, 0.2) is 0 Å². The summed E-state index contributed by atoms with van der Waals surface area (Å²) >= 11 is 0. The molecule has 26 heavy (non-hydrogen) atoms. The number of carbonyl (C=O) groups excluding carboxylic acids is 1. The Bertz CT molecular complexity index is 761. The second kappa shape index (κ2) is 8.08. The molecular formula is C20H24N2O4. The molecule has 138 valence electrons. The molecule has 1 aliphatic rings. The molecule has 0 saturated carbocycles. The Kier molecular flexibility index (Phi) is 5.61. The molecule has 0 N–H and O–H groups in total. The van der Waals surface area contributed by atoms with E-state index in [1.54, 1.807) is 32.5 Å². The SMILES string of the molecule is CCOc1ccc(C(=O)N2CCCC2c2ccc(OC)cc2OC)cn1. The van der Waals surface area contributed by atoms with Crippen LogP contribution in [0, 0.1) is 0 Å². The van der Waals surface area contributed by atoms with Crippen LogP contribution in [0.1, 0.15) is 41.7 Å². The van der Waals surface area contributed by atoms with Crippen molar-refractivity contribution in [3.63, 3.8) is 0 Å². The number of benzene rings is 1. The molecule has 1 aromatic heterocycles. The Morgan fingerprint density at radius 1 is 1.23 bits per heavy atom. The van der Waals surface area contributed by atoms with Crippen molar-refractivity contribution in [2.45, 2.75) is 25.8 Å². The molecule has 0 bridgehead atoms. The van der Waals surface area contributed by atoms with Gasteiger partial charge >= 0.3 is 0 Å². The summed E-state index contributed by atoms with van der Waals surface area (Å²) in [6.07, 6.45) is 3.43. The smallest absolute Gasteiger partial charge is 0.255 e. The predicted molar refractivity (Wildman–Crippen MR) is 98.0 cm³/mol. The van der Waals surface area contributed by atoms with Crippen molar-refractivity contribution in [2.75, 3.05) is 27.4 Å². The van der Waals surface area contributed by atoms with Crippen LogP contribution < -0.4 is 14.2 Å². The van der Waals surface area contributed by atoms with Gasteiger partial charge in [0.2, 0.25) is 5.88 Å². The zero-order chi connectivity index (χ0) is 18.5. The van der Waals surface area contributed by atoms with E-state index in [2.05, 4.69) is 4.98 Å². The highest BCUT2D eigenvalue weighted by atomic mass is 16.5. The third kappa shape index (κ3) is 3.59. The lowest BCUT2D eigenvalue weighted by atomic mass is 10.0. The van der Waals surface area contributed by atoms with Gasteiger partial charge in [0.1, 0.15) is 11.5 Å². The maximum Gasteiger partial charge on any atom is 0.255 e. The van der Waals surface area contributed by atoms with Crippen molar-refractivity contribution in [2.24, 2.45) is 0 Å². The maximum absolute atomic E-state index is 13.0. The van der Waals surface area contributed by atoms with Crippen LogP contribution in [0.25, 0.3) is 0 Å². The first kappa shape index (κ1) is 18.0. The molecule has 6 nitrogen and oxygen atoms in total. The van der Waals surface area contributed by atoms with Crippen molar-refractivity contribution >= 4 is 5.91 Å². The maximum atomic E-state index is 13.0. The summed E-state index contributed by atoms with van der Waals surface area (Å²) in [5.41, 5.74) is 1.56. The number of nitrogens with zero attached hydrogens (tertiary/aromatic N) is 2. The van der Waals surface area contributed by atoms with Crippen molar-refractivity contribution < 1.29 is 19.0 Å². The average Bonchev–Trinajstić information content (AvgIpc) is 3.17. The quantitative estimate of drug-likeness (QED) is 0.793. The van der Waals surface area contributed by atoms with E-state index < -0.39 is 0 Å². The number of likely N-dealkylation sites (tertiary alicyclic amines) is 1. The number of ether oxygens (including phenoxy) is 3. The van der Waals surface area contributed by atoms with Crippen LogP contribution in [0.4, 0.5) is 0 Å². The fourth-order valence-electron chi connectivity index (χ4n) is 3.33. The molecule has 3 rings (SSSR count). The van der Waals surface area contributed by atoms with E-state index in [-0.39, 0.29) is 11.9 Å². The number of methoxy groups -OCH3 is 2. The second-order valence-corrected chi connectivity index (χ2v) is 6.08. The highest BCUT2D eigenvalue weighted by molar-refractivity contribution is 5.94. The number of carbonyl (C=O) groups is 1. The van der Waals surface area contributed by atoms with Crippen molar-refractivity contribution in [1.82, 2.24) is 9.88 Å². The fraction of sp³-hybridized carbons (Fsp3) is 0.400. The minimum Gasteiger partial charge on any atom is -0.497 e. The van der Waals surface area contributed by atoms with Gasteiger partial charge < -0.3 is 19.1 Å². The molecule has 1 aliphatic heterocycles. The Morgan fingerprint density at radius 3 is 2.73 bits per heavy atom. The third-order valence-corrected chi connectivity index (χ3v) is 4.59. The molecule has 6 heteroatoms. The van der Waals surface area contributed by atoms with Crippen LogP contribution in [0.15, 0.2) is 36.5 Å². The van der Waals surface area contributed by atoms with E-state index in [0.717, 1.165) is 29.9 Å². The molecule has 0 radical (unpaired) electrons. The molecule has 1 aromatic carbocycles. The number of hydrogen-bond acceptors (Lipinski definition) is 5. The summed E-state index contributed by atoms with van der Waals surface area (Å²) in [6, 6.07) is 9.21. The molecule has 1 atom stereocenters. The Morgan fingerprint density at radius 2 is 2.08 bits per heavy atom. The molecule has 0 aliphatic carbocycles. The number of amides is 1. The van der Waals surface area contributed by atoms with Crippen LogP contribution in [-0.4, -0.2) is 43.2 Å². The van der Waals surface area contributed by atoms with Crippen LogP contribution in [-0.2, 0) is 0 Å². The largest absolute Gasteiger partial charge is 0.497 e. The van der Waals surface area contributed by atoms with E-state index in [9.17, 15) is 4.79 Å². The monoisotopic (exact) mass is 356 g/mol. The van der Waals surface area contributed by atoms with Gasteiger partial charge in [-0.15, -0.1) is 0 Å². The van der Waals surface area contributed by atoms with E-state index in [4.69, 9.17) is 14.2 Å². The molecule has 0 spiro atoms. The van der Waals surface area contributed by atoms with Gasteiger partial charge in [-0.05, 0) is 38.0 Å². The fourth-order valence-corrected chi connectivity index (χ4v) is 3.33. The molecule has 2 heterocycles. The Labute approximate surface area is 153 Å². The predicted octanol–water partition coefficient (Wildman–Crippen LogP) is 3.47. The summed E-state index contributed by atoms with van der Waals surface area (Å²) in [6.45, 7) is 3.16. The lowest BCUT2D eigenvalue weighted by molar-refractivity contribution is 0.0733. The van der Waals surface area contributed by atoms with Crippen LogP contribution in [0.3, 0.4) is 0 Å². The van der Waals surface area contributed by atoms with Gasteiger partial charge in [-0.2, -0.15) is 0 Å². The second-order valence-electron chi connectivity index (χ2n) is 6.08. The van der Waals surface area contributed by atoms with Crippen LogP contribution in [0.5, 0.6) is 17.4 Å².